The van der Waals surface area contributed by atoms with Crippen LogP contribution in [0.2, 0.25) is 0 Å². The number of rotatable bonds is 6. The lowest BCUT2D eigenvalue weighted by Crippen LogP contribution is -2.45. The second kappa shape index (κ2) is 8.70. The molecule has 0 amide bonds. The minimum absolute atomic E-state index is 0.402. The normalized spacial score (nSPS) is 18.3. The van der Waals surface area contributed by atoms with Crippen molar-refractivity contribution < 1.29 is 4.74 Å². The van der Waals surface area contributed by atoms with Crippen molar-refractivity contribution in [1.29, 1.82) is 0 Å². The van der Waals surface area contributed by atoms with Crippen molar-refractivity contribution in [1.82, 2.24) is 10.2 Å². The highest BCUT2D eigenvalue weighted by Crippen LogP contribution is 2.28. The van der Waals surface area contributed by atoms with Gasteiger partial charge in [0.15, 0.2) is 0 Å². The zero-order valence-electron chi connectivity index (χ0n) is 16.6. The summed E-state index contributed by atoms with van der Waals surface area (Å²) in [5.41, 5.74) is 5.52. The third kappa shape index (κ3) is 4.28. The molecule has 1 aliphatic rings. The van der Waals surface area contributed by atoms with Crippen LogP contribution in [-0.2, 0) is 13.0 Å². The van der Waals surface area contributed by atoms with Crippen LogP contribution in [0.3, 0.4) is 0 Å². The Morgan fingerprint density at radius 1 is 1.19 bits per heavy atom. The summed E-state index contributed by atoms with van der Waals surface area (Å²) in [5.74, 6) is 1.57. The first-order valence-corrected chi connectivity index (χ1v) is 9.82. The van der Waals surface area contributed by atoms with Gasteiger partial charge in [-0.1, -0.05) is 57.2 Å². The van der Waals surface area contributed by atoms with Crippen LogP contribution in [0.25, 0.3) is 0 Å². The minimum Gasteiger partial charge on any atom is -0.496 e. The summed E-state index contributed by atoms with van der Waals surface area (Å²) in [6.45, 7) is 10.9. The second-order valence-electron chi connectivity index (χ2n) is 7.53. The Morgan fingerprint density at radius 3 is 2.73 bits per heavy atom. The van der Waals surface area contributed by atoms with Gasteiger partial charge in [0.1, 0.15) is 5.75 Å². The maximum absolute atomic E-state index is 5.57. The third-order valence-corrected chi connectivity index (χ3v) is 5.39. The van der Waals surface area contributed by atoms with E-state index in [-0.39, 0.29) is 0 Å². The third-order valence-electron chi connectivity index (χ3n) is 5.39. The Kier molecular flexibility index (Phi) is 6.33. The van der Waals surface area contributed by atoms with Gasteiger partial charge in [0.2, 0.25) is 0 Å². The van der Waals surface area contributed by atoms with Gasteiger partial charge in [-0.15, -0.1) is 0 Å². The largest absolute Gasteiger partial charge is 0.496 e. The fourth-order valence-electron chi connectivity index (χ4n) is 3.95. The lowest BCUT2D eigenvalue weighted by molar-refractivity contribution is 0.192. The fraction of sp³-hybridized carbons (Fsp3) is 0.478. The Morgan fingerprint density at radius 2 is 2.00 bits per heavy atom. The fourth-order valence-corrected chi connectivity index (χ4v) is 3.95. The smallest absolute Gasteiger partial charge is 0.122 e. The number of nitrogens with zero attached hydrogens (tertiary/aromatic N) is 1. The molecule has 2 aromatic rings. The summed E-state index contributed by atoms with van der Waals surface area (Å²) >= 11 is 0. The van der Waals surface area contributed by atoms with Gasteiger partial charge in [-0.05, 0) is 40.7 Å². The first-order valence-electron chi connectivity index (χ1n) is 9.82. The van der Waals surface area contributed by atoms with Crippen LogP contribution in [0, 0.1) is 0 Å². The van der Waals surface area contributed by atoms with Crippen molar-refractivity contribution in [3.8, 4) is 5.75 Å². The number of ether oxygens (including phenoxy) is 1. The molecule has 2 aromatic carbocycles. The van der Waals surface area contributed by atoms with E-state index in [1.165, 1.54) is 22.3 Å². The van der Waals surface area contributed by atoms with Crippen LogP contribution in [-0.4, -0.2) is 31.6 Å². The molecule has 1 N–H and O–H groups in total. The molecule has 0 aromatic heterocycles. The molecular weight excluding hydrogens is 320 g/mol. The van der Waals surface area contributed by atoms with Crippen LogP contribution in [0.5, 0.6) is 5.75 Å². The topological polar surface area (TPSA) is 24.5 Å². The molecule has 3 heteroatoms. The number of piperazine rings is 1. The molecule has 0 spiro atoms. The zero-order chi connectivity index (χ0) is 18.5. The van der Waals surface area contributed by atoms with Crippen LogP contribution in [0.1, 0.15) is 55.0 Å². The molecule has 1 aliphatic heterocycles. The molecule has 0 aliphatic carbocycles. The molecule has 3 rings (SSSR count). The Labute approximate surface area is 158 Å². The minimum atomic E-state index is 0.402. The molecule has 140 valence electrons. The molecule has 1 saturated heterocycles. The molecule has 26 heavy (non-hydrogen) atoms. The maximum Gasteiger partial charge on any atom is 0.122 e. The zero-order valence-corrected chi connectivity index (χ0v) is 16.6. The number of aryl methyl sites for hydroxylation is 1. The Balaban J connectivity index is 1.73. The van der Waals surface area contributed by atoms with E-state index in [9.17, 15) is 0 Å². The molecule has 1 atom stereocenters. The van der Waals surface area contributed by atoms with Gasteiger partial charge in [-0.2, -0.15) is 0 Å². The number of nitrogens with one attached hydrogen (secondary N) is 1. The number of hydrogen-bond acceptors (Lipinski definition) is 3. The molecule has 1 unspecified atom stereocenters. The second-order valence-corrected chi connectivity index (χ2v) is 7.53. The lowest BCUT2D eigenvalue weighted by atomic mass is 9.92. The summed E-state index contributed by atoms with van der Waals surface area (Å²) in [6.07, 6.45) is 1.01. The van der Waals surface area contributed by atoms with Gasteiger partial charge in [-0.25, -0.2) is 0 Å². The van der Waals surface area contributed by atoms with Crippen molar-refractivity contribution in [2.45, 2.75) is 45.7 Å². The first-order chi connectivity index (χ1) is 12.6. The van der Waals surface area contributed by atoms with Gasteiger partial charge < -0.3 is 10.1 Å². The van der Waals surface area contributed by atoms with E-state index in [1.807, 2.05) is 0 Å². The average molecular weight is 353 g/mol. The Bertz CT molecular complexity index is 726. The van der Waals surface area contributed by atoms with E-state index < -0.39 is 0 Å². The molecule has 0 bridgehead atoms. The van der Waals surface area contributed by atoms with Gasteiger partial charge in [0.05, 0.1) is 7.11 Å². The predicted octanol–water partition coefficient (Wildman–Crippen LogP) is 4.53. The van der Waals surface area contributed by atoms with Gasteiger partial charge >= 0.3 is 0 Å². The van der Waals surface area contributed by atoms with E-state index in [4.69, 9.17) is 4.74 Å². The van der Waals surface area contributed by atoms with Crippen molar-refractivity contribution >= 4 is 0 Å². The predicted molar refractivity (Wildman–Crippen MR) is 109 cm³/mol. The summed E-state index contributed by atoms with van der Waals surface area (Å²) in [5, 5.41) is 3.72. The highest BCUT2D eigenvalue weighted by molar-refractivity contribution is 5.38. The summed E-state index contributed by atoms with van der Waals surface area (Å²) in [7, 11) is 1.77. The molecular formula is C23H32N2O. The number of benzene rings is 2. The van der Waals surface area contributed by atoms with Crippen molar-refractivity contribution in [3.05, 3.63) is 64.7 Å². The summed E-state index contributed by atoms with van der Waals surface area (Å²) in [6, 6.07) is 15.9. The molecule has 0 saturated carbocycles. The van der Waals surface area contributed by atoms with Gasteiger partial charge in [0, 0.05) is 32.2 Å². The van der Waals surface area contributed by atoms with E-state index in [0.29, 0.717) is 12.0 Å². The number of methoxy groups -OCH3 is 1. The first kappa shape index (κ1) is 18.9. The van der Waals surface area contributed by atoms with Crippen LogP contribution < -0.4 is 10.1 Å². The summed E-state index contributed by atoms with van der Waals surface area (Å²) < 4.78 is 5.57. The Hall–Kier alpha value is -1.84. The highest BCUT2D eigenvalue weighted by atomic mass is 16.5. The molecule has 1 fully saturated rings. The average Bonchev–Trinajstić information content (AvgIpc) is 2.68. The van der Waals surface area contributed by atoms with Crippen molar-refractivity contribution in [2.24, 2.45) is 0 Å². The van der Waals surface area contributed by atoms with E-state index in [1.54, 1.807) is 7.11 Å². The molecule has 0 radical (unpaired) electrons. The van der Waals surface area contributed by atoms with E-state index >= 15 is 0 Å². The monoisotopic (exact) mass is 352 g/mol. The van der Waals surface area contributed by atoms with E-state index in [0.717, 1.165) is 38.3 Å². The molecule has 3 nitrogen and oxygen atoms in total. The lowest BCUT2D eigenvalue weighted by Gasteiger charge is -2.35. The number of hydrogen-bond donors (Lipinski definition) is 1. The van der Waals surface area contributed by atoms with Gasteiger partial charge in [0.25, 0.3) is 0 Å². The van der Waals surface area contributed by atoms with Crippen molar-refractivity contribution in [2.75, 3.05) is 26.7 Å². The SMILES string of the molecule is CCc1ccc(CN2CCNC(c3ccccc3C(C)C)C2)cc1OC. The van der Waals surface area contributed by atoms with Crippen LogP contribution in [0.15, 0.2) is 42.5 Å². The summed E-state index contributed by atoms with van der Waals surface area (Å²) in [4.78, 5) is 2.55. The van der Waals surface area contributed by atoms with Crippen LogP contribution in [0.4, 0.5) is 0 Å². The van der Waals surface area contributed by atoms with Crippen molar-refractivity contribution in [3.63, 3.8) is 0 Å². The van der Waals surface area contributed by atoms with E-state index in [2.05, 4.69) is 73.5 Å². The van der Waals surface area contributed by atoms with Crippen LogP contribution >= 0.6 is 0 Å². The maximum atomic E-state index is 5.57. The highest BCUT2D eigenvalue weighted by Gasteiger charge is 2.23. The quantitative estimate of drug-likeness (QED) is 0.827. The standard InChI is InChI=1S/C23H32N2O/c1-5-19-11-10-18(14-23(19)26-4)15-25-13-12-24-22(16-25)21-9-7-6-8-20(21)17(2)3/h6-11,14,17,22,24H,5,12-13,15-16H2,1-4H3. The van der Waals surface area contributed by atoms with Gasteiger partial charge in [-0.3, -0.25) is 4.90 Å². The molecule has 1 heterocycles.